The first-order valence-corrected chi connectivity index (χ1v) is 3.86. The molecule has 0 saturated carbocycles. The molecule has 0 heterocycles. The van der Waals surface area contributed by atoms with Crippen molar-refractivity contribution in [3.63, 3.8) is 0 Å². The van der Waals surface area contributed by atoms with Gasteiger partial charge in [-0.15, -0.1) is 0 Å². The second-order valence-corrected chi connectivity index (χ2v) is 2.43. The van der Waals surface area contributed by atoms with Gasteiger partial charge >= 0.3 is 11.9 Å². The standard InChI is InChI=1S/C9H12O5/c1-4-8(11)13-7(3)14-9(12)6(2)5-10/h4-5,7,10H,1H2,2-3H3. The van der Waals surface area contributed by atoms with Crippen molar-refractivity contribution in [1.82, 2.24) is 0 Å². The maximum atomic E-state index is 11.0. The van der Waals surface area contributed by atoms with Crippen molar-refractivity contribution >= 4 is 11.9 Å². The van der Waals surface area contributed by atoms with Gasteiger partial charge in [-0.2, -0.15) is 0 Å². The number of carbonyl (C=O) groups excluding carboxylic acids is 2. The number of carbonyl (C=O) groups is 2. The van der Waals surface area contributed by atoms with Crippen LogP contribution in [-0.4, -0.2) is 23.3 Å². The molecule has 0 aromatic heterocycles. The van der Waals surface area contributed by atoms with Gasteiger partial charge in [-0.05, 0) is 6.92 Å². The maximum absolute atomic E-state index is 11.0. The van der Waals surface area contributed by atoms with E-state index in [2.05, 4.69) is 16.1 Å². The molecule has 1 N–H and O–H groups in total. The zero-order chi connectivity index (χ0) is 11.1. The van der Waals surface area contributed by atoms with E-state index in [1.54, 1.807) is 0 Å². The minimum atomic E-state index is -1.01. The van der Waals surface area contributed by atoms with Gasteiger partial charge in [0.1, 0.15) is 0 Å². The molecule has 0 aromatic rings. The lowest BCUT2D eigenvalue weighted by Gasteiger charge is -2.12. The van der Waals surface area contributed by atoms with Gasteiger partial charge in [-0.1, -0.05) is 6.58 Å². The molecule has 0 aliphatic carbocycles. The Morgan fingerprint density at radius 1 is 1.43 bits per heavy atom. The lowest BCUT2D eigenvalue weighted by molar-refractivity contribution is -0.178. The Balaban J connectivity index is 4.07. The molecule has 0 aliphatic heterocycles. The third kappa shape index (κ3) is 4.30. The summed E-state index contributed by atoms with van der Waals surface area (Å²) in [6.45, 7) is 5.92. The molecular formula is C9H12O5. The van der Waals surface area contributed by atoms with E-state index in [0.717, 1.165) is 6.08 Å². The van der Waals surface area contributed by atoms with Crippen LogP contribution in [0.2, 0.25) is 0 Å². The molecule has 0 rings (SSSR count). The van der Waals surface area contributed by atoms with Crippen molar-refractivity contribution in [3.05, 3.63) is 24.5 Å². The average molecular weight is 200 g/mol. The van der Waals surface area contributed by atoms with E-state index < -0.39 is 18.2 Å². The summed E-state index contributed by atoms with van der Waals surface area (Å²) >= 11 is 0. The van der Waals surface area contributed by atoms with Crippen LogP contribution in [-0.2, 0) is 19.1 Å². The fraction of sp³-hybridized carbons (Fsp3) is 0.333. The summed E-state index contributed by atoms with van der Waals surface area (Å²) in [7, 11) is 0. The molecule has 0 bridgehead atoms. The van der Waals surface area contributed by atoms with E-state index in [9.17, 15) is 9.59 Å². The lowest BCUT2D eigenvalue weighted by atomic mass is 10.3. The molecule has 78 valence electrons. The molecule has 5 heteroatoms. The summed E-state index contributed by atoms with van der Waals surface area (Å²) in [6.07, 6.45) is 0.562. The number of aliphatic hydroxyl groups is 1. The second-order valence-electron chi connectivity index (χ2n) is 2.43. The van der Waals surface area contributed by atoms with E-state index >= 15 is 0 Å². The topological polar surface area (TPSA) is 72.8 Å². The summed E-state index contributed by atoms with van der Waals surface area (Å²) in [6, 6.07) is 0. The van der Waals surface area contributed by atoms with Crippen LogP contribution >= 0.6 is 0 Å². The minimum Gasteiger partial charge on any atom is -0.515 e. The van der Waals surface area contributed by atoms with Gasteiger partial charge < -0.3 is 14.6 Å². The fourth-order valence-corrected chi connectivity index (χ4v) is 0.532. The molecule has 1 atom stereocenters. The monoisotopic (exact) mass is 200 g/mol. The Morgan fingerprint density at radius 3 is 2.43 bits per heavy atom. The summed E-state index contributed by atoms with van der Waals surface area (Å²) in [5.74, 6) is -1.44. The van der Waals surface area contributed by atoms with Gasteiger partial charge in [-0.25, -0.2) is 9.59 Å². The van der Waals surface area contributed by atoms with Crippen LogP contribution in [0.4, 0.5) is 0 Å². The highest BCUT2D eigenvalue weighted by Crippen LogP contribution is 2.01. The Bertz CT molecular complexity index is 266. The summed E-state index contributed by atoms with van der Waals surface area (Å²) in [5.41, 5.74) is 0.0199. The molecule has 0 aromatic carbocycles. The van der Waals surface area contributed by atoms with E-state index in [4.69, 9.17) is 5.11 Å². The molecule has 0 aliphatic rings. The molecular weight excluding hydrogens is 188 g/mol. The van der Waals surface area contributed by atoms with Crippen molar-refractivity contribution in [3.8, 4) is 0 Å². The Labute approximate surface area is 81.6 Å². The summed E-state index contributed by atoms with van der Waals surface area (Å²) < 4.78 is 9.17. The lowest BCUT2D eigenvalue weighted by Crippen LogP contribution is -2.21. The van der Waals surface area contributed by atoms with Gasteiger partial charge in [0.25, 0.3) is 0 Å². The normalized spacial score (nSPS) is 12.9. The number of rotatable bonds is 4. The van der Waals surface area contributed by atoms with E-state index in [0.29, 0.717) is 6.26 Å². The third-order valence-electron chi connectivity index (χ3n) is 1.24. The van der Waals surface area contributed by atoms with E-state index in [1.807, 2.05) is 0 Å². The van der Waals surface area contributed by atoms with Gasteiger partial charge in [-0.3, -0.25) is 0 Å². The first-order chi connectivity index (χ1) is 6.51. The number of hydrogen-bond acceptors (Lipinski definition) is 5. The molecule has 14 heavy (non-hydrogen) atoms. The van der Waals surface area contributed by atoms with Crippen molar-refractivity contribution < 1.29 is 24.2 Å². The number of aliphatic hydroxyl groups excluding tert-OH is 1. The van der Waals surface area contributed by atoms with Crippen molar-refractivity contribution in [1.29, 1.82) is 0 Å². The number of esters is 2. The molecule has 0 saturated heterocycles. The largest absolute Gasteiger partial charge is 0.515 e. The van der Waals surface area contributed by atoms with Crippen LogP contribution in [0, 0.1) is 0 Å². The quantitative estimate of drug-likeness (QED) is 0.318. The van der Waals surface area contributed by atoms with Gasteiger partial charge in [0.05, 0.1) is 11.8 Å². The maximum Gasteiger partial charge on any atom is 0.339 e. The van der Waals surface area contributed by atoms with E-state index in [1.165, 1.54) is 13.8 Å². The average Bonchev–Trinajstić information content (AvgIpc) is 2.15. The van der Waals surface area contributed by atoms with Crippen LogP contribution in [0.5, 0.6) is 0 Å². The predicted molar refractivity (Wildman–Crippen MR) is 48.2 cm³/mol. The third-order valence-corrected chi connectivity index (χ3v) is 1.24. The zero-order valence-corrected chi connectivity index (χ0v) is 8.02. The zero-order valence-electron chi connectivity index (χ0n) is 8.02. The SMILES string of the molecule is C=CC(=O)OC(C)OC(=O)C(C)=CO. The van der Waals surface area contributed by atoms with E-state index in [-0.39, 0.29) is 5.57 Å². The highest BCUT2D eigenvalue weighted by Gasteiger charge is 2.13. The van der Waals surface area contributed by atoms with Crippen LogP contribution in [0.1, 0.15) is 13.8 Å². The van der Waals surface area contributed by atoms with Crippen molar-refractivity contribution in [2.24, 2.45) is 0 Å². The van der Waals surface area contributed by atoms with Crippen LogP contribution in [0.3, 0.4) is 0 Å². The molecule has 0 fully saturated rings. The smallest absolute Gasteiger partial charge is 0.339 e. The molecule has 5 nitrogen and oxygen atoms in total. The highest BCUT2D eigenvalue weighted by atomic mass is 16.7. The van der Waals surface area contributed by atoms with Gasteiger partial charge in [0.15, 0.2) is 0 Å². The second kappa shape index (κ2) is 5.80. The number of ether oxygens (including phenoxy) is 2. The Hall–Kier alpha value is -1.78. The molecule has 0 radical (unpaired) electrons. The van der Waals surface area contributed by atoms with Crippen LogP contribution < -0.4 is 0 Å². The van der Waals surface area contributed by atoms with Gasteiger partial charge in [0.2, 0.25) is 6.29 Å². The molecule has 0 spiro atoms. The summed E-state index contributed by atoms with van der Waals surface area (Å²) in [5, 5.41) is 8.46. The number of hydrogen-bond donors (Lipinski definition) is 1. The van der Waals surface area contributed by atoms with Crippen LogP contribution in [0.15, 0.2) is 24.5 Å². The van der Waals surface area contributed by atoms with Gasteiger partial charge in [0, 0.05) is 13.0 Å². The fourth-order valence-electron chi connectivity index (χ4n) is 0.532. The molecule has 0 amide bonds. The first kappa shape index (κ1) is 12.2. The molecule has 1 unspecified atom stereocenters. The predicted octanol–water partition coefficient (Wildman–Crippen LogP) is 1.07. The Morgan fingerprint density at radius 2 is 2.00 bits per heavy atom. The van der Waals surface area contributed by atoms with Crippen LogP contribution in [0.25, 0.3) is 0 Å². The first-order valence-electron chi connectivity index (χ1n) is 3.86. The van der Waals surface area contributed by atoms with Crippen molar-refractivity contribution in [2.45, 2.75) is 20.1 Å². The highest BCUT2D eigenvalue weighted by molar-refractivity contribution is 5.87. The Kier molecular flexibility index (Phi) is 5.06. The minimum absolute atomic E-state index is 0.0199. The van der Waals surface area contributed by atoms with Crippen molar-refractivity contribution in [2.75, 3.05) is 0 Å². The summed E-state index contributed by atoms with van der Waals surface area (Å²) in [4.78, 5) is 21.6.